The maximum Gasteiger partial charge on any atom is 0.161 e. The minimum atomic E-state index is 0.723. The molecule has 32 heavy (non-hydrogen) atoms. The van der Waals surface area contributed by atoms with Gasteiger partial charge < -0.3 is 19.7 Å². The summed E-state index contributed by atoms with van der Waals surface area (Å²) in [6, 6.07) is 6.86. The maximum atomic E-state index is 5.98. The molecule has 3 aliphatic rings. The SMILES string of the molecule is COc1ccc2ncc3c(c2c1)N(CC1CCC(NCCC2CCCCC2)CC1)CCO3. The van der Waals surface area contributed by atoms with Gasteiger partial charge in [0.2, 0.25) is 0 Å². The Morgan fingerprint density at radius 3 is 2.72 bits per heavy atom. The van der Waals surface area contributed by atoms with Crippen molar-refractivity contribution in [2.45, 2.75) is 70.3 Å². The number of pyridine rings is 1. The van der Waals surface area contributed by atoms with E-state index in [0.717, 1.165) is 60.0 Å². The molecule has 1 aromatic carbocycles. The largest absolute Gasteiger partial charge is 0.497 e. The highest BCUT2D eigenvalue weighted by Gasteiger charge is 2.27. The molecule has 2 aromatic rings. The monoisotopic (exact) mass is 437 g/mol. The molecule has 1 aromatic heterocycles. The summed E-state index contributed by atoms with van der Waals surface area (Å²) in [5.74, 6) is 3.52. The van der Waals surface area contributed by atoms with Crippen molar-refractivity contribution in [3.05, 3.63) is 24.4 Å². The van der Waals surface area contributed by atoms with E-state index in [4.69, 9.17) is 9.47 Å². The first-order chi connectivity index (χ1) is 15.8. The molecule has 5 nitrogen and oxygen atoms in total. The molecular formula is C27H39N3O2. The number of hydrogen-bond donors (Lipinski definition) is 1. The van der Waals surface area contributed by atoms with Crippen LogP contribution in [0, 0.1) is 11.8 Å². The van der Waals surface area contributed by atoms with E-state index in [9.17, 15) is 0 Å². The first kappa shape index (κ1) is 21.8. The summed E-state index contributed by atoms with van der Waals surface area (Å²) in [5, 5.41) is 5.03. The smallest absolute Gasteiger partial charge is 0.161 e. The zero-order chi connectivity index (χ0) is 21.8. The average Bonchev–Trinajstić information content (AvgIpc) is 2.85. The molecule has 2 heterocycles. The molecule has 2 saturated carbocycles. The van der Waals surface area contributed by atoms with Crippen LogP contribution in [0.5, 0.6) is 11.5 Å². The van der Waals surface area contributed by atoms with Gasteiger partial charge in [-0.3, -0.25) is 4.98 Å². The van der Waals surface area contributed by atoms with E-state index >= 15 is 0 Å². The van der Waals surface area contributed by atoms with Gasteiger partial charge in [-0.1, -0.05) is 32.1 Å². The van der Waals surface area contributed by atoms with Crippen LogP contribution in [0.2, 0.25) is 0 Å². The van der Waals surface area contributed by atoms with Crippen molar-refractivity contribution in [2.24, 2.45) is 11.8 Å². The molecule has 5 rings (SSSR count). The summed E-state index contributed by atoms with van der Waals surface area (Å²) in [5.41, 5.74) is 2.21. The van der Waals surface area contributed by atoms with E-state index in [2.05, 4.69) is 21.3 Å². The van der Waals surface area contributed by atoms with Crippen LogP contribution < -0.4 is 19.7 Å². The molecule has 5 heteroatoms. The molecule has 1 N–H and O–H groups in total. The lowest BCUT2D eigenvalue weighted by Gasteiger charge is -2.37. The van der Waals surface area contributed by atoms with Gasteiger partial charge in [0.1, 0.15) is 12.4 Å². The van der Waals surface area contributed by atoms with Crippen LogP contribution >= 0.6 is 0 Å². The number of rotatable bonds is 7. The Balaban J connectivity index is 1.17. The molecule has 0 saturated heterocycles. The second-order valence-electron chi connectivity index (χ2n) is 10.1. The molecule has 0 unspecified atom stereocenters. The van der Waals surface area contributed by atoms with Gasteiger partial charge in [0.25, 0.3) is 0 Å². The molecule has 1 aliphatic heterocycles. The van der Waals surface area contributed by atoms with Gasteiger partial charge in [-0.15, -0.1) is 0 Å². The number of nitrogens with one attached hydrogen (secondary N) is 1. The fraction of sp³-hybridized carbons (Fsp3) is 0.667. The molecule has 0 atom stereocenters. The lowest BCUT2D eigenvalue weighted by atomic mass is 9.84. The van der Waals surface area contributed by atoms with Crippen molar-refractivity contribution in [1.82, 2.24) is 10.3 Å². The number of ether oxygens (including phenoxy) is 2. The third kappa shape index (κ3) is 4.98. The summed E-state index contributed by atoms with van der Waals surface area (Å²) in [6.45, 7) is 4.02. The summed E-state index contributed by atoms with van der Waals surface area (Å²) in [6.07, 6.45) is 15.9. The van der Waals surface area contributed by atoms with Crippen molar-refractivity contribution >= 4 is 16.6 Å². The van der Waals surface area contributed by atoms with Crippen LogP contribution in [0.15, 0.2) is 24.4 Å². The first-order valence-corrected chi connectivity index (χ1v) is 12.9. The average molecular weight is 438 g/mol. The van der Waals surface area contributed by atoms with Gasteiger partial charge >= 0.3 is 0 Å². The van der Waals surface area contributed by atoms with E-state index in [1.54, 1.807) is 7.11 Å². The van der Waals surface area contributed by atoms with Crippen LogP contribution in [0.25, 0.3) is 10.9 Å². The second kappa shape index (κ2) is 10.3. The van der Waals surface area contributed by atoms with Crippen LogP contribution in [-0.2, 0) is 0 Å². The molecule has 174 valence electrons. The summed E-state index contributed by atoms with van der Waals surface area (Å²) >= 11 is 0. The Bertz CT molecular complexity index is 883. The number of fused-ring (bicyclic) bond motifs is 3. The summed E-state index contributed by atoms with van der Waals surface area (Å²) in [4.78, 5) is 7.15. The van der Waals surface area contributed by atoms with Gasteiger partial charge in [0.15, 0.2) is 5.75 Å². The molecule has 2 aliphatic carbocycles. The van der Waals surface area contributed by atoms with Gasteiger partial charge in [-0.05, 0) is 68.7 Å². The van der Waals surface area contributed by atoms with Gasteiger partial charge in [-0.25, -0.2) is 0 Å². The van der Waals surface area contributed by atoms with Gasteiger partial charge in [0, 0.05) is 18.0 Å². The molecular weight excluding hydrogens is 398 g/mol. The molecule has 0 bridgehead atoms. The van der Waals surface area contributed by atoms with E-state index in [-0.39, 0.29) is 0 Å². The van der Waals surface area contributed by atoms with Crippen molar-refractivity contribution in [1.29, 1.82) is 0 Å². The van der Waals surface area contributed by atoms with E-state index in [0.29, 0.717) is 0 Å². The fourth-order valence-corrected chi connectivity index (χ4v) is 6.09. The van der Waals surface area contributed by atoms with Crippen molar-refractivity contribution in [3.63, 3.8) is 0 Å². The van der Waals surface area contributed by atoms with E-state index < -0.39 is 0 Å². The molecule has 0 radical (unpaired) electrons. The second-order valence-corrected chi connectivity index (χ2v) is 10.1. The summed E-state index contributed by atoms with van der Waals surface area (Å²) in [7, 11) is 1.72. The summed E-state index contributed by atoms with van der Waals surface area (Å²) < 4.78 is 11.5. The Morgan fingerprint density at radius 2 is 1.91 bits per heavy atom. The number of aromatic nitrogens is 1. The quantitative estimate of drug-likeness (QED) is 0.614. The van der Waals surface area contributed by atoms with Gasteiger partial charge in [0.05, 0.1) is 31.1 Å². The highest BCUT2D eigenvalue weighted by atomic mass is 16.5. The Hall–Kier alpha value is -2.01. The van der Waals surface area contributed by atoms with Crippen LogP contribution in [0.3, 0.4) is 0 Å². The number of nitrogens with zero attached hydrogens (tertiary/aromatic N) is 2. The Kier molecular flexibility index (Phi) is 7.01. The molecule has 0 amide bonds. The fourth-order valence-electron chi connectivity index (χ4n) is 6.09. The Labute approximate surface area is 192 Å². The molecule has 0 spiro atoms. The van der Waals surface area contributed by atoms with Crippen LogP contribution in [-0.4, -0.2) is 44.4 Å². The van der Waals surface area contributed by atoms with Crippen molar-refractivity contribution < 1.29 is 9.47 Å². The minimum Gasteiger partial charge on any atom is -0.497 e. The van der Waals surface area contributed by atoms with E-state index in [1.807, 2.05) is 18.3 Å². The Morgan fingerprint density at radius 1 is 1.06 bits per heavy atom. The maximum absolute atomic E-state index is 5.98. The lowest BCUT2D eigenvalue weighted by molar-refractivity contribution is 0.265. The third-order valence-electron chi connectivity index (χ3n) is 7.98. The van der Waals surface area contributed by atoms with Crippen LogP contribution in [0.4, 0.5) is 5.69 Å². The van der Waals surface area contributed by atoms with Crippen molar-refractivity contribution in [3.8, 4) is 11.5 Å². The zero-order valence-electron chi connectivity index (χ0n) is 19.7. The standard InChI is InChI=1S/C27H39N3O2/c1-31-23-11-12-25-24(17-23)27-26(18-29-25)32-16-15-30(27)19-21-7-9-22(10-8-21)28-14-13-20-5-3-2-4-6-20/h11-12,17-18,20-22,28H,2-10,13-16,19H2,1H3. The predicted octanol–water partition coefficient (Wildman–Crippen LogP) is 5.56. The zero-order valence-corrected chi connectivity index (χ0v) is 19.7. The normalized spacial score (nSPS) is 24.2. The number of benzene rings is 1. The van der Waals surface area contributed by atoms with Crippen molar-refractivity contribution in [2.75, 3.05) is 38.3 Å². The van der Waals surface area contributed by atoms with Gasteiger partial charge in [-0.2, -0.15) is 0 Å². The number of hydrogen-bond acceptors (Lipinski definition) is 5. The predicted molar refractivity (Wildman–Crippen MR) is 131 cm³/mol. The minimum absolute atomic E-state index is 0.723. The van der Waals surface area contributed by atoms with E-state index in [1.165, 1.54) is 76.4 Å². The highest BCUT2D eigenvalue weighted by Crippen LogP contribution is 2.40. The number of methoxy groups -OCH3 is 1. The highest BCUT2D eigenvalue weighted by molar-refractivity contribution is 5.96. The first-order valence-electron chi connectivity index (χ1n) is 12.9. The van der Waals surface area contributed by atoms with Crippen LogP contribution in [0.1, 0.15) is 64.2 Å². The topological polar surface area (TPSA) is 46.6 Å². The molecule has 2 fully saturated rings. The number of anilines is 1. The lowest BCUT2D eigenvalue weighted by Crippen LogP contribution is -2.40. The third-order valence-corrected chi connectivity index (χ3v) is 7.98.